The van der Waals surface area contributed by atoms with Crippen molar-refractivity contribution < 1.29 is 13.7 Å². The summed E-state index contributed by atoms with van der Waals surface area (Å²) < 4.78 is 18.6. The fourth-order valence-electron chi connectivity index (χ4n) is 4.20. The second kappa shape index (κ2) is 8.11. The summed E-state index contributed by atoms with van der Waals surface area (Å²) in [5.74, 6) is 0.801. The van der Waals surface area contributed by atoms with Crippen LogP contribution in [0.3, 0.4) is 0 Å². The average Bonchev–Trinajstić information content (AvgIpc) is 3.30. The molecule has 3 aromatic carbocycles. The molecule has 1 aliphatic heterocycles. The van der Waals surface area contributed by atoms with Crippen molar-refractivity contribution in [3.8, 4) is 0 Å². The number of nitrogens with one attached hydrogen (secondary N) is 2. The van der Waals surface area contributed by atoms with Gasteiger partial charge in [0.05, 0.1) is 11.2 Å². The van der Waals surface area contributed by atoms with Crippen molar-refractivity contribution in [2.75, 3.05) is 7.05 Å². The van der Waals surface area contributed by atoms with E-state index in [0.29, 0.717) is 17.0 Å². The van der Waals surface area contributed by atoms with Crippen LogP contribution in [-0.2, 0) is 9.31 Å². The molecular formula is C27H28BN3O3. The van der Waals surface area contributed by atoms with Crippen molar-refractivity contribution >= 4 is 46.2 Å². The van der Waals surface area contributed by atoms with Gasteiger partial charge in [0, 0.05) is 28.9 Å². The maximum absolute atomic E-state index is 8.77. The Morgan fingerprint density at radius 3 is 2.26 bits per heavy atom. The van der Waals surface area contributed by atoms with Crippen molar-refractivity contribution in [1.29, 1.82) is 5.41 Å². The molecule has 0 atom stereocenters. The minimum absolute atomic E-state index is 0.163. The lowest BCUT2D eigenvalue weighted by molar-refractivity contribution is 0.00578. The summed E-state index contributed by atoms with van der Waals surface area (Å²) in [6.45, 7) is 8.17. The van der Waals surface area contributed by atoms with Gasteiger partial charge < -0.3 is 19.0 Å². The van der Waals surface area contributed by atoms with E-state index in [1.54, 1.807) is 0 Å². The number of hydrogen-bond donors (Lipinski definition) is 2. The topological polar surface area (TPSA) is 79.8 Å². The van der Waals surface area contributed by atoms with Crippen LogP contribution in [0.15, 0.2) is 76.1 Å². The van der Waals surface area contributed by atoms with Gasteiger partial charge in [-0.15, -0.1) is 0 Å². The lowest BCUT2D eigenvalue weighted by Gasteiger charge is -2.32. The molecule has 0 spiro atoms. The summed E-state index contributed by atoms with van der Waals surface area (Å²) in [5.41, 5.74) is 3.15. The van der Waals surface area contributed by atoms with Crippen molar-refractivity contribution in [3.05, 3.63) is 77.9 Å². The molecule has 0 bridgehead atoms. The minimum Gasteiger partial charge on any atom is -0.456 e. The predicted molar refractivity (Wildman–Crippen MR) is 138 cm³/mol. The number of aliphatic imine (C=N–C) groups is 1. The van der Waals surface area contributed by atoms with Gasteiger partial charge in [-0.2, -0.15) is 0 Å². The van der Waals surface area contributed by atoms with Crippen LogP contribution in [0.1, 0.15) is 38.8 Å². The smallest absolute Gasteiger partial charge is 0.456 e. The lowest BCUT2D eigenvalue weighted by atomic mass is 9.79. The quantitative estimate of drug-likeness (QED) is 0.263. The molecule has 0 saturated carbocycles. The molecule has 172 valence electrons. The Morgan fingerprint density at radius 1 is 0.882 bits per heavy atom. The molecule has 2 N–H and O–H groups in total. The van der Waals surface area contributed by atoms with Crippen LogP contribution >= 0.6 is 0 Å². The monoisotopic (exact) mass is 453 g/mol. The second-order valence-electron chi connectivity index (χ2n) is 9.55. The molecule has 0 aliphatic carbocycles. The maximum atomic E-state index is 8.77. The van der Waals surface area contributed by atoms with E-state index in [9.17, 15) is 0 Å². The Bertz CT molecular complexity index is 1410. The zero-order valence-electron chi connectivity index (χ0n) is 20.1. The highest BCUT2D eigenvalue weighted by Crippen LogP contribution is 2.37. The fraction of sp³-hybridized carbons (Fsp3) is 0.259. The van der Waals surface area contributed by atoms with Gasteiger partial charge in [-0.3, -0.25) is 5.41 Å². The van der Waals surface area contributed by atoms with E-state index in [4.69, 9.17) is 19.1 Å². The third-order valence-corrected chi connectivity index (χ3v) is 6.81. The van der Waals surface area contributed by atoms with Crippen LogP contribution < -0.4 is 10.8 Å². The third kappa shape index (κ3) is 3.71. The van der Waals surface area contributed by atoms with Gasteiger partial charge in [0.25, 0.3) is 0 Å². The molecule has 2 heterocycles. The van der Waals surface area contributed by atoms with Gasteiger partial charge in [-0.1, -0.05) is 54.6 Å². The van der Waals surface area contributed by atoms with Gasteiger partial charge in [-0.25, -0.2) is 4.99 Å². The lowest BCUT2D eigenvalue weighted by Crippen LogP contribution is -2.41. The minimum atomic E-state index is -0.464. The number of furan rings is 1. The van der Waals surface area contributed by atoms with Crippen molar-refractivity contribution in [2.45, 2.75) is 38.9 Å². The highest BCUT2D eigenvalue weighted by Gasteiger charge is 2.51. The summed E-state index contributed by atoms with van der Waals surface area (Å²) in [7, 11) is 1.35. The number of hydrogen-bond acceptors (Lipinski definition) is 4. The molecule has 34 heavy (non-hydrogen) atoms. The summed E-state index contributed by atoms with van der Waals surface area (Å²) in [6, 6.07) is 21.5. The second-order valence-corrected chi connectivity index (χ2v) is 9.55. The van der Waals surface area contributed by atoms with Crippen LogP contribution in [0.2, 0.25) is 0 Å². The molecule has 0 radical (unpaired) electrons. The largest absolute Gasteiger partial charge is 0.494 e. The first-order valence-corrected chi connectivity index (χ1v) is 11.4. The number of rotatable bonds is 3. The Hall–Kier alpha value is -3.42. The molecule has 1 saturated heterocycles. The highest BCUT2D eigenvalue weighted by atomic mass is 16.7. The summed E-state index contributed by atoms with van der Waals surface area (Å²) in [5, 5.41) is 13.7. The zero-order valence-corrected chi connectivity index (χ0v) is 20.1. The molecule has 1 aromatic heterocycles. The Labute approximate surface area is 199 Å². The van der Waals surface area contributed by atoms with E-state index < -0.39 is 18.3 Å². The van der Waals surface area contributed by atoms with E-state index in [1.165, 1.54) is 0 Å². The molecule has 4 aromatic rings. The van der Waals surface area contributed by atoms with Gasteiger partial charge in [0.1, 0.15) is 17.0 Å². The summed E-state index contributed by atoms with van der Waals surface area (Å²) in [4.78, 5) is 4.59. The molecule has 0 unspecified atom stereocenters. The first-order valence-electron chi connectivity index (χ1n) is 11.4. The standard InChI is InChI=1S/C27H28BN3O3/c1-26(2)27(3,4)34-28(33-26)18-14-15-19-22(16-18)32-21-13-9-12-20(23(19)21)24(29)31-25(30-5)17-10-7-6-8-11-17/h6-16H,1-5H3,(H2,29,30,31). The SMILES string of the molecule is CN/C(=N\C(=N)c1cccc2oc3cc(B4OC(C)(C)C(C)(C)O4)ccc3c12)c1ccccc1. The van der Waals surface area contributed by atoms with Crippen LogP contribution in [0.25, 0.3) is 21.9 Å². The zero-order chi connectivity index (χ0) is 24.1. The number of benzene rings is 3. The normalized spacial score (nSPS) is 17.4. The van der Waals surface area contributed by atoms with Gasteiger partial charge >= 0.3 is 7.12 Å². The summed E-state index contributed by atoms with van der Waals surface area (Å²) >= 11 is 0. The van der Waals surface area contributed by atoms with Crippen molar-refractivity contribution in [1.82, 2.24) is 5.32 Å². The van der Waals surface area contributed by atoms with E-state index in [2.05, 4.69) is 10.3 Å². The molecule has 1 aliphatic rings. The summed E-state index contributed by atoms with van der Waals surface area (Å²) in [6.07, 6.45) is 0. The van der Waals surface area contributed by atoms with Crippen LogP contribution in [0.4, 0.5) is 0 Å². The predicted octanol–water partition coefficient (Wildman–Crippen LogP) is 4.88. The molecular weight excluding hydrogens is 425 g/mol. The van der Waals surface area contributed by atoms with E-state index >= 15 is 0 Å². The van der Waals surface area contributed by atoms with E-state index in [0.717, 1.165) is 27.4 Å². The van der Waals surface area contributed by atoms with Crippen LogP contribution in [0.5, 0.6) is 0 Å². The van der Waals surface area contributed by atoms with Crippen molar-refractivity contribution in [3.63, 3.8) is 0 Å². The van der Waals surface area contributed by atoms with E-state index in [1.807, 2.05) is 101 Å². The first kappa shape index (κ1) is 22.4. The Morgan fingerprint density at radius 2 is 1.59 bits per heavy atom. The number of amidine groups is 2. The van der Waals surface area contributed by atoms with Crippen LogP contribution in [0, 0.1) is 5.41 Å². The average molecular weight is 453 g/mol. The third-order valence-electron chi connectivity index (χ3n) is 6.81. The van der Waals surface area contributed by atoms with E-state index in [-0.39, 0.29) is 5.84 Å². The molecule has 0 amide bonds. The number of fused-ring (bicyclic) bond motifs is 3. The van der Waals surface area contributed by atoms with Gasteiger partial charge in [0.15, 0.2) is 5.84 Å². The first-order chi connectivity index (χ1) is 16.2. The maximum Gasteiger partial charge on any atom is 0.494 e. The Kier molecular flexibility index (Phi) is 5.34. The molecule has 1 fully saturated rings. The Balaban J connectivity index is 1.56. The number of nitrogens with zero attached hydrogens (tertiary/aromatic N) is 1. The van der Waals surface area contributed by atoms with Crippen molar-refractivity contribution in [2.24, 2.45) is 4.99 Å². The molecule has 7 heteroatoms. The van der Waals surface area contributed by atoms with Crippen LogP contribution in [-0.4, -0.2) is 37.0 Å². The highest BCUT2D eigenvalue weighted by molar-refractivity contribution is 6.62. The van der Waals surface area contributed by atoms with Gasteiger partial charge in [0.2, 0.25) is 0 Å². The molecule has 6 nitrogen and oxygen atoms in total. The van der Waals surface area contributed by atoms with Gasteiger partial charge in [-0.05, 0) is 45.3 Å². The molecule has 5 rings (SSSR count). The fourth-order valence-corrected chi connectivity index (χ4v) is 4.20.